The van der Waals surface area contributed by atoms with Crippen LogP contribution in [-0.2, 0) is 9.59 Å². The number of H-pyrrole nitrogens is 2. The maximum Gasteiger partial charge on any atom is 0.236 e. The smallest absolute Gasteiger partial charge is 0.236 e. The summed E-state index contributed by atoms with van der Waals surface area (Å²) >= 11 is 0. The number of amides is 2. The van der Waals surface area contributed by atoms with Gasteiger partial charge in [-0.15, -0.1) is 0 Å². The van der Waals surface area contributed by atoms with E-state index in [1.807, 2.05) is 22.2 Å². The van der Waals surface area contributed by atoms with Crippen LogP contribution in [-0.4, -0.2) is 61.7 Å². The highest BCUT2D eigenvalue weighted by molar-refractivity contribution is 5.78. The predicted molar refractivity (Wildman–Crippen MR) is 145 cm³/mol. The fourth-order valence-electron chi connectivity index (χ4n) is 5.67. The number of nitrogens with zero attached hydrogens (tertiary/aromatic N) is 4. The monoisotopic (exact) mass is 509 g/mol. The number of aromatic amines is 2. The number of imidazole rings is 2. The van der Waals surface area contributed by atoms with Crippen LogP contribution in [0.25, 0.3) is 33.6 Å². The third kappa shape index (κ3) is 4.50. The zero-order chi connectivity index (χ0) is 26.1. The Bertz CT molecular complexity index is 1420. The number of benzene rings is 2. The lowest BCUT2D eigenvalue weighted by atomic mass is 10.0. The van der Waals surface area contributed by atoms with Crippen LogP contribution < -0.4 is 5.73 Å². The number of hydrogen-bond acceptors (Lipinski definition) is 5. The van der Waals surface area contributed by atoms with Gasteiger partial charge in [-0.25, -0.2) is 9.97 Å². The van der Waals surface area contributed by atoms with E-state index >= 15 is 0 Å². The highest BCUT2D eigenvalue weighted by atomic mass is 16.2. The maximum absolute atomic E-state index is 12.2. The molecule has 0 spiro atoms. The average molecular weight is 510 g/mol. The van der Waals surface area contributed by atoms with Crippen LogP contribution in [0.5, 0.6) is 0 Å². The quantitative estimate of drug-likeness (QED) is 0.324. The molecule has 4 heterocycles. The van der Waals surface area contributed by atoms with Crippen molar-refractivity contribution < 1.29 is 9.59 Å². The number of aromatic nitrogens is 4. The number of nitrogens with two attached hydrogens (primary N) is 1. The molecule has 0 radical (unpaired) electrons. The van der Waals surface area contributed by atoms with E-state index in [0.29, 0.717) is 0 Å². The molecule has 6 rings (SSSR count). The number of nitrogens with one attached hydrogen (secondary N) is 2. The van der Waals surface area contributed by atoms with Crippen LogP contribution in [0.3, 0.4) is 0 Å². The molecule has 2 aromatic heterocycles. The van der Waals surface area contributed by atoms with Gasteiger partial charge >= 0.3 is 0 Å². The van der Waals surface area contributed by atoms with Crippen molar-refractivity contribution in [3.63, 3.8) is 0 Å². The van der Waals surface area contributed by atoms with Crippen molar-refractivity contribution in [3.05, 3.63) is 72.6 Å². The minimum absolute atomic E-state index is 0.0239. The van der Waals surface area contributed by atoms with Crippen molar-refractivity contribution in [1.82, 2.24) is 29.7 Å². The summed E-state index contributed by atoms with van der Waals surface area (Å²) in [5, 5.41) is 0. The molecule has 0 bridgehead atoms. The molecule has 2 aliphatic heterocycles. The molecule has 2 atom stereocenters. The number of likely N-dealkylation sites (tertiary alicyclic amines) is 2. The Morgan fingerprint density at radius 1 is 0.816 bits per heavy atom. The van der Waals surface area contributed by atoms with Crippen LogP contribution >= 0.6 is 0 Å². The lowest BCUT2D eigenvalue weighted by Gasteiger charge is -2.22. The summed E-state index contributed by atoms with van der Waals surface area (Å²) in [5.41, 5.74) is 11.8. The number of hydrogen-bond donors (Lipinski definition) is 3. The van der Waals surface area contributed by atoms with Crippen molar-refractivity contribution in [2.45, 2.75) is 37.8 Å². The van der Waals surface area contributed by atoms with Crippen LogP contribution in [0.1, 0.15) is 49.4 Å². The molecule has 2 fully saturated rings. The van der Waals surface area contributed by atoms with E-state index in [4.69, 9.17) is 5.73 Å². The lowest BCUT2D eigenvalue weighted by Crippen LogP contribution is -2.35. The van der Waals surface area contributed by atoms with E-state index in [2.05, 4.69) is 68.5 Å². The lowest BCUT2D eigenvalue weighted by molar-refractivity contribution is -0.130. The second-order valence-electron chi connectivity index (χ2n) is 9.97. The number of carbonyl (C=O) groups is 2. The minimum atomic E-state index is -0.0364. The van der Waals surface area contributed by atoms with Gasteiger partial charge in [-0.2, -0.15) is 0 Å². The molecule has 9 heteroatoms. The summed E-state index contributed by atoms with van der Waals surface area (Å²) in [7, 11) is 0. The zero-order valence-corrected chi connectivity index (χ0v) is 21.1. The standard InChI is InChI=1S/C29H31N7O2/c30-15-27(38)36-14-2-4-26(36)29-32-17-24(34-29)22-11-7-20(8-12-22)19-5-9-21(10-6-19)23-16-31-28(33-23)25-3-1-13-35(25)18-37/h5-12,16-18,25-26H,1-4,13-15,30H2,(H,31,33)(H,32,34). The molecule has 0 saturated carbocycles. The normalized spacial score (nSPS) is 19.3. The molecule has 0 aliphatic carbocycles. The fourth-order valence-corrected chi connectivity index (χ4v) is 5.67. The molecule has 2 aliphatic rings. The first kappa shape index (κ1) is 24.1. The van der Waals surface area contributed by atoms with Crippen molar-refractivity contribution >= 4 is 12.3 Å². The Kier molecular flexibility index (Phi) is 6.51. The van der Waals surface area contributed by atoms with E-state index in [-0.39, 0.29) is 24.5 Å². The highest BCUT2D eigenvalue weighted by Crippen LogP contribution is 2.33. The van der Waals surface area contributed by atoms with Gasteiger partial charge in [0, 0.05) is 13.1 Å². The van der Waals surface area contributed by atoms with E-state index in [1.54, 1.807) is 0 Å². The summed E-state index contributed by atoms with van der Waals surface area (Å²) in [6, 6.07) is 16.8. The van der Waals surface area contributed by atoms with Gasteiger partial charge in [-0.3, -0.25) is 9.59 Å². The fraction of sp³-hybridized carbons (Fsp3) is 0.310. The Morgan fingerprint density at radius 2 is 1.32 bits per heavy atom. The van der Waals surface area contributed by atoms with Crippen LogP contribution in [0.4, 0.5) is 0 Å². The molecular formula is C29H31N7O2. The summed E-state index contributed by atoms with van der Waals surface area (Å²) in [5.74, 6) is 1.62. The van der Waals surface area contributed by atoms with Crippen molar-refractivity contribution in [1.29, 1.82) is 0 Å². The Labute approximate surface area is 221 Å². The first-order chi connectivity index (χ1) is 18.6. The molecule has 38 heavy (non-hydrogen) atoms. The summed E-state index contributed by atoms with van der Waals surface area (Å²) in [6.45, 7) is 1.54. The SMILES string of the molecule is NCC(=O)N1CCCC1c1ncc(-c2ccc(-c3ccc(-c4cnc(C5CCCN5C=O)[nH]4)cc3)cc2)[nH]1. The first-order valence-corrected chi connectivity index (χ1v) is 13.2. The summed E-state index contributed by atoms with van der Waals surface area (Å²) < 4.78 is 0. The Morgan fingerprint density at radius 3 is 1.87 bits per heavy atom. The molecule has 2 unspecified atom stereocenters. The van der Waals surface area contributed by atoms with Gasteiger partial charge in [0.15, 0.2) is 0 Å². The topological polar surface area (TPSA) is 124 Å². The summed E-state index contributed by atoms with van der Waals surface area (Å²) in [4.78, 5) is 43.1. The van der Waals surface area contributed by atoms with Crippen molar-refractivity contribution in [2.24, 2.45) is 5.73 Å². The van der Waals surface area contributed by atoms with Gasteiger partial charge in [-0.1, -0.05) is 48.5 Å². The summed E-state index contributed by atoms with van der Waals surface area (Å²) in [6.07, 6.45) is 8.39. The molecule has 4 N–H and O–H groups in total. The van der Waals surface area contributed by atoms with Gasteiger partial charge < -0.3 is 25.5 Å². The maximum atomic E-state index is 12.2. The minimum Gasteiger partial charge on any atom is -0.340 e. The molecular weight excluding hydrogens is 478 g/mol. The van der Waals surface area contributed by atoms with Gasteiger partial charge in [0.05, 0.1) is 42.4 Å². The van der Waals surface area contributed by atoms with Gasteiger partial charge in [0.25, 0.3) is 0 Å². The predicted octanol–water partition coefficient (Wildman–Crippen LogP) is 4.05. The van der Waals surface area contributed by atoms with Crippen molar-refractivity contribution in [2.75, 3.05) is 19.6 Å². The molecule has 4 aromatic rings. The van der Waals surface area contributed by atoms with E-state index in [9.17, 15) is 9.59 Å². The van der Waals surface area contributed by atoms with Gasteiger partial charge in [0.2, 0.25) is 12.3 Å². The van der Waals surface area contributed by atoms with Crippen LogP contribution in [0.2, 0.25) is 0 Å². The first-order valence-electron chi connectivity index (χ1n) is 13.2. The van der Waals surface area contributed by atoms with E-state index < -0.39 is 0 Å². The molecule has 2 amide bonds. The average Bonchev–Trinajstić information content (AvgIpc) is 3.78. The van der Waals surface area contributed by atoms with Crippen LogP contribution in [0, 0.1) is 0 Å². The number of rotatable bonds is 7. The Hall–Kier alpha value is -4.24. The van der Waals surface area contributed by atoms with E-state index in [1.165, 1.54) is 0 Å². The molecule has 2 saturated heterocycles. The molecule has 2 aromatic carbocycles. The third-order valence-electron chi connectivity index (χ3n) is 7.72. The van der Waals surface area contributed by atoms with Gasteiger partial charge in [0.1, 0.15) is 11.6 Å². The Balaban J connectivity index is 1.15. The number of carbonyl (C=O) groups excluding carboxylic acids is 2. The van der Waals surface area contributed by atoms with Crippen molar-refractivity contribution in [3.8, 4) is 33.6 Å². The highest BCUT2D eigenvalue weighted by Gasteiger charge is 2.31. The second kappa shape index (κ2) is 10.3. The van der Waals surface area contributed by atoms with Crippen LogP contribution in [0.15, 0.2) is 60.9 Å². The second-order valence-corrected chi connectivity index (χ2v) is 9.97. The van der Waals surface area contributed by atoms with E-state index in [0.717, 1.165) is 90.5 Å². The molecule has 194 valence electrons. The third-order valence-corrected chi connectivity index (χ3v) is 7.72. The largest absolute Gasteiger partial charge is 0.340 e. The van der Waals surface area contributed by atoms with Gasteiger partial charge in [-0.05, 0) is 47.9 Å². The zero-order valence-electron chi connectivity index (χ0n) is 21.1. The molecule has 9 nitrogen and oxygen atoms in total.